The van der Waals surface area contributed by atoms with E-state index in [0.717, 1.165) is 5.56 Å². The third-order valence-electron chi connectivity index (χ3n) is 4.30. The normalized spacial score (nSPS) is 19.1. The van der Waals surface area contributed by atoms with Crippen molar-refractivity contribution in [3.8, 4) is 5.75 Å². The summed E-state index contributed by atoms with van der Waals surface area (Å²) in [5.74, 6) is 0.396. The molecule has 1 aliphatic heterocycles. The van der Waals surface area contributed by atoms with Crippen molar-refractivity contribution in [3.63, 3.8) is 0 Å². The van der Waals surface area contributed by atoms with Gasteiger partial charge in [0.2, 0.25) is 0 Å². The minimum Gasteiger partial charge on any atom is -0.508 e. The first-order chi connectivity index (χ1) is 9.70. The van der Waals surface area contributed by atoms with Crippen LogP contribution in [0, 0.1) is 0 Å². The van der Waals surface area contributed by atoms with E-state index >= 15 is 0 Å². The quantitative estimate of drug-likeness (QED) is 0.837. The highest BCUT2D eigenvalue weighted by atomic mass is 16.3. The van der Waals surface area contributed by atoms with E-state index in [2.05, 4.69) is 24.1 Å². The number of hydrogen-bond acceptors (Lipinski definition) is 3. The van der Waals surface area contributed by atoms with Crippen molar-refractivity contribution in [2.75, 3.05) is 19.6 Å². The lowest BCUT2D eigenvalue weighted by molar-refractivity contribution is 0.190. The van der Waals surface area contributed by atoms with Gasteiger partial charge in [-0.3, -0.25) is 0 Å². The average Bonchev–Trinajstić information content (AvgIpc) is 2.47. The smallest absolute Gasteiger partial charge is 0.120 e. The summed E-state index contributed by atoms with van der Waals surface area (Å²) in [5, 5.41) is 13.6. The predicted molar refractivity (Wildman–Crippen MR) is 84.0 cm³/mol. The molecule has 3 nitrogen and oxygen atoms in total. The Kier molecular flexibility index (Phi) is 5.86. The number of hydrogen-bond donors (Lipinski definition) is 2. The minimum absolute atomic E-state index is 0.211. The third-order valence-corrected chi connectivity index (χ3v) is 4.30. The molecule has 2 rings (SSSR count). The van der Waals surface area contributed by atoms with Crippen LogP contribution in [0.3, 0.4) is 0 Å². The van der Waals surface area contributed by atoms with Crippen molar-refractivity contribution in [2.24, 2.45) is 0 Å². The number of likely N-dealkylation sites (tertiary alicyclic amines) is 1. The Morgan fingerprint density at radius 2 is 2.00 bits per heavy atom. The zero-order valence-corrected chi connectivity index (χ0v) is 12.8. The summed E-state index contributed by atoms with van der Waals surface area (Å²) in [7, 11) is 0. The Morgan fingerprint density at radius 1 is 1.30 bits per heavy atom. The van der Waals surface area contributed by atoms with Gasteiger partial charge in [-0.15, -0.1) is 0 Å². The molecule has 0 radical (unpaired) electrons. The van der Waals surface area contributed by atoms with Crippen LogP contribution < -0.4 is 5.32 Å². The molecule has 1 fully saturated rings. The van der Waals surface area contributed by atoms with E-state index in [1.165, 1.54) is 45.3 Å². The maximum Gasteiger partial charge on any atom is 0.120 e. The molecule has 0 spiro atoms. The van der Waals surface area contributed by atoms with E-state index in [0.29, 0.717) is 11.8 Å². The van der Waals surface area contributed by atoms with Crippen LogP contribution in [-0.2, 0) is 0 Å². The van der Waals surface area contributed by atoms with Gasteiger partial charge in [0.25, 0.3) is 0 Å². The van der Waals surface area contributed by atoms with E-state index < -0.39 is 0 Å². The Morgan fingerprint density at radius 3 is 2.65 bits per heavy atom. The molecule has 1 unspecified atom stereocenters. The summed E-state index contributed by atoms with van der Waals surface area (Å²) in [5.41, 5.74) is 1.00. The lowest BCUT2D eigenvalue weighted by atomic mass is 10.0. The molecular formula is C17H28N2O. The molecule has 0 saturated carbocycles. The van der Waals surface area contributed by atoms with E-state index in [-0.39, 0.29) is 6.04 Å². The number of unbranched alkanes of at least 4 members (excludes halogenated alkanes) is 1. The van der Waals surface area contributed by atoms with Crippen LogP contribution in [0.1, 0.15) is 51.1 Å². The van der Waals surface area contributed by atoms with Gasteiger partial charge < -0.3 is 15.3 Å². The molecular weight excluding hydrogens is 248 g/mol. The Bertz CT molecular complexity index is 400. The summed E-state index contributed by atoms with van der Waals surface area (Å²) in [6, 6.07) is 8.41. The van der Waals surface area contributed by atoms with Gasteiger partial charge in [-0.2, -0.15) is 0 Å². The monoisotopic (exact) mass is 276 g/mol. The lowest BCUT2D eigenvalue weighted by Crippen LogP contribution is -2.43. The molecule has 112 valence electrons. The van der Waals surface area contributed by atoms with Crippen LogP contribution in [0.4, 0.5) is 0 Å². The molecule has 0 aromatic heterocycles. The van der Waals surface area contributed by atoms with Gasteiger partial charge in [0, 0.05) is 17.6 Å². The number of benzene rings is 1. The second kappa shape index (κ2) is 7.65. The molecule has 1 aliphatic rings. The molecule has 0 aliphatic carbocycles. The van der Waals surface area contributed by atoms with Crippen molar-refractivity contribution in [1.29, 1.82) is 0 Å². The number of piperidine rings is 1. The van der Waals surface area contributed by atoms with Gasteiger partial charge in [0.05, 0.1) is 0 Å². The van der Waals surface area contributed by atoms with Crippen molar-refractivity contribution in [2.45, 2.75) is 51.6 Å². The van der Waals surface area contributed by atoms with Crippen molar-refractivity contribution >= 4 is 0 Å². The first-order valence-electron chi connectivity index (χ1n) is 7.97. The number of nitrogens with one attached hydrogen (secondary N) is 1. The van der Waals surface area contributed by atoms with Crippen LogP contribution in [0.2, 0.25) is 0 Å². The highest BCUT2D eigenvalue weighted by Gasteiger charge is 2.21. The SMILES string of the molecule is CCCCN1CCC(NC(C)c2ccccc2O)CC1. The summed E-state index contributed by atoms with van der Waals surface area (Å²) in [6.07, 6.45) is 5.01. The Balaban J connectivity index is 1.79. The second-order valence-corrected chi connectivity index (χ2v) is 5.92. The molecule has 1 aromatic carbocycles. The number of aromatic hydroxyl groups is 1. The number of nitrogens with zero attached hydrogens (tertiary/aromatic N) is 1. The van der Waals surface area contributed by atoms with Crippen LogP contribution in [0.5, 0.6) is 5.75 Å². The molecule has 1 atom stereocenters. The fourth-order valence-electron chi connectivity index (χ4n) is 3.00. The zero-order valence-electron chi connectivity index (χ0n) is 12.8. The van der Waals surface area contributed by atoms with Crippen LogP contribution >= 0.6 is 0 Å². The van der Waals surface area contributed by atoms with E-state index in [1.54, 1.807) is 6.07 Å². The molecule has 20 heavy (non-hydrogen) atoms. The maximum absolute atomic E-state index is 9.90. The van der Waals surface area contributed by atoms with Gasteiger partial charge in [0.15, 0.2) is 0 Å². The highest BCUT2D eigenvalue weighted by Crippen LogP contribution is 2.24. The zero-order chi connectivity index (χ0) is 14.4. The van der Waals surface area contributed by atoms with E-state index in [4.69, 9.17) is 0 Å². The topological polar surface area (TPSA) is 35.5 Å². The van der Waals surface area contributed by atoms with Crippen molar-refractivity contribution in [3.05, 3.63) is 29.8 Å². The first kappa shape index (κ1) is 15.3. The second-order valence-electron chi connectivity index (χ2n) is 5.92. The summed E-state index contributed by atoms with van der Waals surface area (Å²) >= 11 is 0. The molecule has 1 heterocycles. The number of rotatable bonds is 6. The summed E-state index contributed by atoms with van der Waals surface area (Å²) < 4.78 is 0. The van der Waals surface area contributed by atoms with Crippen LogP contribution in [-0.4, -0.2) is 35.7 Å². The molecule has 1 aromatic rings. The average molecular weight is 276 g/mol. The molecule has 1 saturated heterocycles. The maximum atomic E-state index is 9.90. The van der Waals surface area contributed by atoms with Gasteiger partial charge in [0.1, 0.15) is 5.75 Å². The molecule has 2 N–H and O–H groups in total. The van der Waals surface area contributed by atoms with E-state index in [9.17, 15) is 5.11 Å². The fraction of sp³-hybridized carbons (Fsp3) is 0.647. The minimum atomic E-state index is 0.211. The first-order valence-corrected chi connectivity index (χ1v) is 7.97. The number of phenolic OH excluding ortho intramolecular Hbond substituents is 1. The summed E-state index contributed by atoms with van der Waals surface area (Å²) in [4.78, 5) is 2.58. The fourth-order valence-corrected chi connectivity index (χ4v) is 3.00. The van der Waals surface area contributed by atoms with Crippen molar-refractivity contribution < 1.29 is 5.11 Å². The van der Waals surface area contributed by atoms with Gasteiger partial charge >= 0.3 is 0 Å². The molecule has 0 amide bonds. The number of para-hydroxylation sites is 1. The van der Waals surface area contributed by atoms with Gasteiger partial charge in [-0.05, 0) is 51.9 Å². The molecule has 3 heteroatoms. The van der Waals surface area contributed by atoms with Gasteiger partial charge in [-0.25, -0.2) is 0 Å². The largest absolute Gasteiger partial charge is 0.508 e. The molecule has 0 bridgehead atoms. The third kappa shape index (κ3) is 4.22. The van der Waals surface area contributed by atoms with Gasteiger partial charge in [-0.1, -0.05) is 31.5 Å². The predicted octanol–water partition coefficient (Wildman–Crippen LogP) is 3.31. The van der Waals surface area contributed by atoms with E-state index in [1.807, 2.05) is 18.2 Å². The standard InChI is InChI=1S/C17H28N2O/c1-3-4-11-19-12-9-15(10-13-19)18-14(2)16-7-5-6-8-17(16)20/h5-8,14-15,18,20H,3-4,9-13H2,1-2H3. The van der Waals surface area contributed by atoms with Crippen molar-refractivity contribution in [1.82, 2.24) is 10.2 Å². The van der Waals surface area contributed by atoms with Crippen LogP contribution in [0.15, 0.2) is 24.3 Å². The van der Waals surface area contributed by atoms with Crippen LogP contribution in [0.25, 0.3) is 0 Å². The Hall–Kier alpha value is -1.06. The Labute approximate surface area is 123 Å². The lowest BCUT2D eigenvalue weighted by Gasteiger charge is -2.34. The highest BCUT2D eigenvalue weighted by molar-refractivity contribution is 5.34. The summed E-state index contributed by atoms with van der Waals surface area (Å²) in [6.45, 7) is 8.04. The number of phenols is 1.